The van der Waals surface area contributed by atoms with Crippen LogP contribution in [0.15, 0.2) is 27.5 Å². The predicted molar refractivity (Wildman–Crippen MR) is 87.2 cm³/mol. The molecule has 130 valence electrons. The fourth-order valence-corrected chi connectivity index (χ4v) is 2.81. The van der Waals surface area contributed by atoms with Crippen LogP contribution in [-0.2, 0) is 6.54 Å². The van der Waals surface area contributed by atoms with Gasteiger partial charge in [-0.25, -0.2) is 4.79 Å². The third kappa shape index (κ3) is 3.59. The molecule has 0 N–H and O–H groups in total. The summed E-state index contributed by atoms with van der Waals surface area (Å²) in [5, 5.41) is 4.02. The first kappa shape index (κ1) is 16.5. The molecule has 0 spiro atoms. The molecule has 0 unspecified atom stereocenters. The second-order valence-electron chi connectivity index (χ2n) is 5.75. The highest BCUT2D eigenvalue weighted by atomic mass is 16.5. The normalized spacial score (nSPS) is 15.7. The molecule has 0 saturated carbocycles. The SMILES string of the molecule is CCN(CC)C(=O)N1CCN(Cc2noc(-c3ccoc3)n2)CC1. The van der Waals surface area contributed by atoms with E-state index in [4.69, 9.17) is 8.94 Å². The summed E-state index contributed by atoms with van der Waals surface area (Å²) in [7, 11) is 0. The van der Waals surface area contributed by atoms with Gasteiger partial charge in [0.25, 0.3) is 5.89 Å². The minimum Gasteiger partial charge on any atom is -0.472 e. The Bertz CT molecular complexity index is 642. The molecule has 1 aliphatic heterocycles. The fraction of sp³-hybridized carbons (Fsp3) is 0.562. The molecule has 2 aromatic heterocycles. The molecule has 0 bridgehead atoms. The van der Waals surface area contributed by atoms with Crippen LogP contribution in [0, 0.1) is 0 Å². The molecule has 8 heteroatoms. The van der Waals surface area contributed by atoms with Crippen LogP contribution in [0.2, 0.25) is 0 Å². The number of piperazine rings is 1. The number of urea groups is 1. The minimum absolute atomic E-state index is 0.126. The van der Waals surface area contributed by atoms with Gasteiger partial charge >= 0.3 is 6.03 Å². The fourth-order valence-electron chi connectivity index (χ4n) is 2.81. The Morgan fingerprint density at radius 2 is 2.00 bits per heavy atom. The molecular formula is C16H23N5O3. The zero-order valence-electron chi connectivity index (χ0n) is 14.1. The second kappa shape index (κ2) is 7.48. The molecule has 2 aromatic rings. The molecule has 24 heavy (non-hydrogen) atoms. The van der Waals surface area contributed by atoms with E-state index < -0.39 is 0 Å². The van der Waals surface area contributed by atoms with E-state index in [9.17, 15) is 4.79 Å². The molecule has 3 rings (SSSR count). The molecule has 0 aliphatic carbocycles. The highest BCUT2D eigenvalue weighted by molar-refractivity contribution is 5.74. The molecule has 0 aromatic carbocycles. The highest BCUT2D eigenvalue weighted by Gasteiger charge is 2.24. The number of hydrogen-bond acceptors (Lipinski definition) is 6. The first-order chi connectivity index (χ1) is 11.7. The van der Waals surface area contributed by atoms with Gasteiger partial charge in [0.1, 0.15) is 6.26 Å². The Kier molecular flexibility index (Phi) is 5.14. The van der Waals surface area contributed by atoms with Crippen molar-refractivity contribution in [3.63, 3.8) is 0 Å². The van der Waals surface area contributed by atoms with E-state index in [0.717, 1.165) is 44.8 Å². The average Bonchev–Trinajstić information content (AvgIpc) is 3.28. The smallest absolute Gasteiger partial charge is 0.320 e. The molecule has 3 heterocycles. The molecule has 1 fully saturated rings. The van der Waals surface area contributed by atoms with Gasteiger partial charge < -0.3 is 18.7 Å². The van der Waals surface area contributed by atoms with Crippen LogP contribution in [-0.4, -0.2) is 70.1 Å². The summed E-state index contributed by atoms with van der Waals surface area (Å²) in [6, 6.07) is 1.91. The van der Waals surface area contributed by atoms with Gasteiger partial charge in [0.05, 0.1) is 18.4 Å². The summed E-state index contributed by atoms with van der Waals surface area (Å²) < 4.78 is 10.3. The molecule has 1 aliphatic rings. The van der Waals surface area contributed by atoms with Gasteiger partial charge in [-0.1, -0.05) is 5.16 Å². The van der Waals surface area contributed by atoms with Crippen molar-refractivity contribution in [3.8, 4) is 11.5 Å². The van der Waals surface area contributed by atoms with Crippen LogP contribution in [0.4, 0.5) is 4.79 Å². The topological polar surface area (TPSA) is 78.9 Å². The van der Waals surface area contributed by atoms with E-state index in [2.05, 4.69) is 15.0 Å². The van der Waals surface area contributed by atoms with Crippen molar-refractivity contribution in [1.29, 1.82) is 0 Å². The van der Waals surface area contributed by atoms with E-state index in [1.165, 1.54) is 0 Å². The van der Waals surface area contributed by atoms with E-state index in [1.807, 2.05) is 23.6 Å². The van der Waals surface area contributed by atoms with Crippen molar-refractivity contribution in [2.45, 2.75) is 20.4 Å². The lowest BCUT2D eigenvalue weighted by atomic mass is 10.3. The third-order valence-corrected chi connectivity index (χ3v) is 4.28. The summed E-state index contributed by atoms with van der Waals surface area (Å²) in [5.41, 5.74) is 0.781. The number of carbonyl (C=O) groups excluding carboxylic acids is 1. The van der Waals surface area contributed by atoms with E-state index in [0.29, 0.717) is 18.3 Å². The van der Waals surface area contributed by atoms with Gasteiger partial charge in [-0.3, -0.25) is 4.90 Å². The summed E-state index contributed by atoms with van der Waals surface area (Å²) in [4.78, 5) is 22.7. The van der Waals surface area contributed by atoms with E-state index in [1.54, 1.807) is 18.6 Å². The van der Waals surface area contributed by atoms with Crippen LogP contribution < -0.4 is 0 Å². The summed E-state index contributed by atoms with van der Waals surface area (Å²) in [6.07, 6.45) is 3.15. The van der Waals surface area contributed by atoms with Crippen LogP contribution >= 0.6 is 0 Å². The molecule has 2 amide bonds. The molecule has 1 saturated heterocycles. The van der Waals surface area contributed by atoms with Crippen molar-refractivity contribution in [1.82, 2.24) is 24.8 Å². The van der Waals surface area contributed by atoms with Crippen molar-refractivity contribution in [2.75, 3.05) is 39.3 Å². The maximum absolute atomic E-state index is 12.3. The van der Waals surface area contributed by atoms with Crippen molar-refractivity contribution in [2.24, 2.45) is 0 Å². The van der Waals surface area contributed by atoms with Crippen molar-refractivity contribution < 1.29 is 13.7 Å². The molecule has 8 nitrogen and oxygen atoms in total. The third-order valence-electron chi connectivity index (χ3n) is 4.28. The lowest BCUT2D eigenvalue weighted by molar-refractivity contribution is 0.110. The van der Waals surface area contributed by atoms with Gasteiger partial charge in [-0.15, -0.1) is 0 Å². The van der Waals surface area contributed by atoms with Crippen LogP contribution in [0.5, 0.6) is 0 Å². The largest absolute Gasteiger partial charge is 0.472 e. The Labute approximate surface area is 141 Å². The van der Waals surface area contributed by atoms with Gasteiger partial charge in [0.2, 0.25) is 0 Å². The maximum Gasteiger partial charge on any atom is 0.320 e. The van der Waals surface area contributed by atoms with Crippen LogP contribution in [0.1, 0.15) is 19.7 Å². The van der Waals surface area contributed by atoms with Gasteiger partial charge in [0, 0.05) is 39.3 Å². The number of furan rings is 1. The zero-order chi connectivity index (χ0) is 16.9. The van der Waals surface area contributed by atoms with Crippen molar-refractivity contribution >= 4 is 6.03 Å². The molecule has 0 radical (unpaired) electrons. The Balaban J connectivity index is 1.51. The van der Waals surface area contributed by atoms with Crippen LogP contribution in [0.25, 0.3) is 11.5 Å². The summed E-state index contributed by atoms with van der Waals surface area (Å²) in [5.74, 6) is 1.11. The lowest BCUT2D eigenvalue weighted by Crippen LogP contribution is -2.52. The van der Waals surface area contributed by atoms with Gasteiger partial charge in [-0.2, -0.15) is 4.98 Å². The van der Waals surface area contributed by atoms with Gasteiger partial charge in [-0.05, 0) is 19.9 Å². The average molecular weight is 333 g/mol. The first-order valence-electron chi connectivity index (χ1n) is 8.32. The quantitative estimate of drug-likeness (QED) is 0.832. The Hall–Kier alpha value is -2.35. The highest BCUT2D eigenvalue weighted by Crippen LogP contribution is 2.18. The second-order valence-corrected chi connectivity index (χ2v) is 5.75. The monoisotopic (exact) mass is 333 g/mol. The summed E-state index contributed by atoms with van der Waals surface area (Å²) in [6.45, 7) is 9.19. The van der Waals surface area contributed by atoms with Crippen LogP contribution in [0.3, 0.4) is 0 Å². The number of hydrogen-bond donors (Lipinski definition) is 0. The van der Waals surface area contributed by atoms with Crippen molar-refractivity contribution in [3.05, 3.63) is 24.4 Å². The van der Waals surface area contributed by atoms with E-state index in [-0.39, 0.29) is 6.03 Å². The minimum atomic E-state index is 0.126. The number of rotatable bonds is 5. The summed E-state index contributed by atoms with van der Waals surface area (Å²) >= 11 is 0. The number of nitrogens with zero attached hydrogens (tertiary/aromatic N) is 5. The first-order valence-corrected chi connectivity index (χ1v) is 8.32. The standard InChI is InChI=1S/C16H23N5O3/c1-3-20(4-2)16(22)21-8-6-19(7-9-21)11-14-17-15(24-18-14)13-5-10-23-12-13/h5,10,12H,3-4,6-9,11H2,1-2H3. The number of carbonyl (C=O) groups is 1. The Morgan fingerprint density at radius 3 is 2.62 bits per heavy atom. The molecule has 0 atom stereocenters. The van der Waals surface area contributed by atoms with E-state index >= 15 is 0 Å². The Morgan fingerprint density at radius 1 is 1.25 bits per heavy atom. The number of amides is 2. The van der Waals surface area contributed by atoms with Gasteiger partial charge in [0.15, 0.2) is 5.82 Å². The maximum atomic E-state index is 12.3. The number of aromatic nitrogens is 2. The zero-order valence-corrected chi connectivity index (χ0v) is 14.1. The predicted octanol–water partition coefficient (Wildman–Crippen LogP) is 1.91. The molecular weight excluding hydrogens is 310 g/mol. The lowest BCUT2D eigenvalue weighted by Gasteiger charge is -2.36.